The number of nitriles is 1. The molecule has 7 heteroatoms. The lowest BCUT2D eigenvalue weighted by molar-refractivity contribution is -0.117. The monoisotopic (exact) mass is 464 g/mol. The number of benzene rings is 3. The maximum absolute atomic E-state index is 12.9. The summed E-state index contributed by atoms with van der Waals surface area (Å²) in [6.07, 6.45) is 0.599. The second-order valence-electron chi connectivity index (χ2n) is 8.02. The number of hydrogen-bond acceptors (Lipinski definition) is 5. The third-order valence-electron chi connectivity index (χ3n) is 5.64. The van der Waals surface area contributed by atoms with Gasteiger partial charge in [0.15, 0.2) is 0 Å². The summed E-state index contributed by atoms with van der Waals surface area (Å²) in [6, 6.07) is 23.9. The van der Waals surface area contributed by atoms with Gasteiger partial charge in [-0.15, -0.1) is 0 Å². The van der Waals surface area contributed by atoms with E-state index in [9.17, 15) is 14.9 Å². The Hall–Kier alpha value is -4.70. The summed E-state index contributed by atoms with van der Waals surface area (Å²) in [5, 5.41) is 15.4. The van der Waals surface area contributed by atoms with Crippen molar-refractivity contribution >= 4 is 23.3 Å². The fraction of sp³-hybridized carbons (Fsp3) is 0.143. The second-order valence-corrected chi connectivity index (χ2v) is 8.02. The van der Waals surface area contributed by atoms with Crippen LogP contribution in [0.2, 0.25) is 0 Å². The van der Waals surface area contributed by atoms with Crippen LogP contribution in [0.25, 0.3) is 5.70 Å². The third-order valence-corrected chi connectivity index (χ3v) is 5.64. The van der Waals surface area contributed by atoms with Crippen LogP contribution in [0.4, 0.5) is 0 Å². The van der Waals surface area contributed by atoms with Crippen molar-refractivity contribution in [3.8, 4) is 11.8 Å². The van der Waals surface area contributed by atoms with E-state index < -0.39 is 5.91 Å². The Kier molecular flexibility index (Phi) is 7.03. The summed E-state index contributed by atoms with van der Waals surface area (Å²) < 4.78 is 5.16. The Balaban J connectivity index is 1.53. The van der Waals surface area contributed by atoms with Gasteiger partial charge in [0.1, 0.15) is 23.2 Å². The van der Waals surface area contributed by atoms with E-state index >= 15 is 0 Å². The van der Waals surface area contributed by atoms with Gasteiger partial charge < -0.3 is 15.4 Å². The molecule has 174 valence electrons. The van der Waals surface area contributed by atoms with Gasteiger partial charge in [0.25, 0.3) is 11.8 Å². The fourth-order valence-corrected chi connectivity index (χ4v) is 3.71. The SMILES string of the molecule is COc1ccc(CCNC(=O)C(C#N)=C2N=C(NC(=O)c3ccc(C)cc3)c3ccccc32)cc1. The first-order chi connectivity index (χ1) is 17.0. The van der Waals surface area contributed by atoms with Gasteiger partial charge in [0.05, 0.1) is 12.8 Å². The predicted octanol–water partition coefficient (Wildman–Crippen LogP) is 3.79. The minimum absolute atomic E-state index is 0.105. The van der Waals surface area contributed by atoms with E-state index in [4.69, 9.17) is 4.74 Å². The van der Waals surface area contributed by atoms with Crippen LogP contribution in [-0.4, -0.2) is 31.3 Å². The second kappa shape index (κ2) is 10.5. The number of ether oxygens (including phenoxy) is 1. The Bertz CT molecular complexity index is 1360. The van der Waals surface area contributed by atoms with Gasteiger partial charge in [0.2, 0.25) is 0 Å². The normalized spacial score (nSPS) is 13.2. The Morgan fingerprint density at radius 3 is 2.31 bits per heavy atom. The first-order valence-electron chi connectivity index (χ1n) is 11.1. The van der Waals surface area contributed by atoms with Crippen molar-refractivity contribution in [2.75, 3.05) is 13.7 Å². The number of fused-ring (bicyclic) bond motifs is 1. The molecule has 1 heterocycles. The molecule has 1 aliphatic rings. The van der Waals surface area contributed by atoms with Crippen LogP contribution >= 0.6 is 0 Å². The van der Waals surface area contributed by atoms with Crippen LogP contribution in [0, 0.1) is 18.3 Å². The lowest BCUT2D eigenvalue weighted by Gasteiger charge is -2.07. The average molecular weight is 465 g/mol. The van der Waals surface area contributed by atoms with Gasteiger partial charge in [0, 0.05) is 23.2 Å². The van der Waals surface area contributed by atoms with E-state index in [2.05, 4.69) is 15.6 Å². The van der Waals surface area contributed by atoms with E-state index in [1.807, 2.05) is 55.5 Å². The standard InChI is InChI=1S/C28H24N4O3/c1-18-7-11-20(12-8-18)27(33)32-26-23-6-4-3-5-22(23)25(31-26)24(17-29)28(34)30-16-15-19-9-13-21(35-2)14-10-19/h3-14H,15-16H2,1-2H3,(H,30,34)(H,31,32,33). The Morgan fingerprint density at radius 1 is 0.971 bits per heavy atom. The molecule has 3 aromatic rings. The first-order valence-corrected chi connectivity index (χ1v) is 11.1. The van der Waals surface area contributed by atoms with Crippen LogP contribution in [0.5, 0.6) is 5.75 Å². The number of hydrogen-bond donors (Lipinski definition) is 2. The molecule has 0 saturated heterocycles. The van der Waals surface area contributed by atoms with Gasteiger partial charge in [-0.3, -0.25) is 9.59 Å². The summed E-state index contributed by atoms with van der Waals surface area (Å²) in [5.41, 5.74) is 3.98. The number of amides is 2. The molecule has 0 fully saturated rings. The zero-order valence-corrected chi connectivity index (χ0v) is 19.5. The van der Waals surface area contributed by atoms with Crippen molar-refractivity contribution in [2.24, 2.45) is 4.99 Å². The molecular weight excluding hydrogens is 440 g/mol. The van der Waals surface area contributed by atoms with E-state index in [1.165, 1.54) is 0 Å². The van der Waals surface area contributed by atoms with Crippen molar-refractivity contribution in [2.45, 2.75) is 13.3 Å². The molecule has 0 aromatic heterocycles. The lowest BCUT2D eigenvalue weighted by atomic mass is 10.0. The molecule has 2 amide bonds. The van der Waals surface area contributed by atoms with Gasteiger partial charge in [-0.2, -0.15) is 5.26 Å². The molecule has 0 saturated carbocycles. The number of carbonyl (C=O) groups is 2. The molecule has 3 aromatic carbocycles. The molecular formula is C28H24N4O3. The van der Waals surface area contributed by atoms with E-state index in [0.717, 1.165) is 16.9 Å². The topological polar surface area (TPSA) is 104 Å². The summed E-state index contributed by atoms with van der Waals surface area (Å²) in [6.45, 7) is 2.30. The van der Waals surface area contributed by atoms with Crippen LogP contribution < -0.4 is 15.4 Å². The largest absolute Gasteiger partial charge is 0.497 e. The molecule has 2 N–H and O–H groups in total. The zero-order valence-electron chi connectivity index (χ0n) is 19.5. The molecule has 0 radical (unpaired) electrons. The van der Waals surface area contributed by atoms with Crippen LogP contribution in [0.3, 0.4) is 0 Å². The van der Waals surface area contributed by atoms with Gasteiger partial charge >= 0.3 is 0 Å². The number of amidine groups is 1. The van der Waals surface area contributed by atoms with Gasteiger partial charge in [-0.25, -0.2) is 4.99 Å². The molecule has 4 rings (SSSR count). The average Bonchev–Trinajstić information content (AvgIpc) is 3.23. The molecule has 1 aliphatic heterocycles. The van der Waals surface area contributed by atoms with E-state index in [1.54, 1.807) is 37.4 Å². The highest BCUT2D eigenvalue weighted by Gasteiger charge is 2.27. The number of methoxy groups -OCH3 is 1. The molecule has 0 atom stereocenters. The smallest absolute Gasteiger partial charge is 0.264 e. The van der Waals surface area contributed by atoms with Crippen molar-refractivity contribution in [1.29, 1.82) is 5.26 Å². The molecule has 0 spiro atoms. The predicted molar refractivity (Wildman–Crippen MR) is 134 cm³/mol. The maximum atomic E-state index is 12.9. The van der Waals surface area contributed by atoms with Crippen LogP contribution in [-0.2, 0) is 11.2 Å². The fourth-order valence-electron chi connectivity index (χ4n) is 3.71. The number of aryl methyl sites for hydroxylation is 1. The van der Waals surface area contributed by atoms with Crippen LogP contribution in [0.1, 0.15) is 32.6 Å². The van der Waals surface area contributed by atoms with E-state index in [0.29, 0.717) is 35.5 Å². The molecule has 0 aliphatic carbocycles. The minimum atomic E-state index is -0.513. The van der Waals surface area contributed by atoms with E-state index in [-0.39, 0.29) is 17.2 Å². The van der Waals surface area contributed by atoms with Crippen molar-refractivity contribution in [3.63, 3.8) is 0 Å². The number of nitrogens with zero attached hydrogens (tertiary/aromatic N) is 2. The van der Waals surface area contributed by atoms with Crippen molar-refractivity contribution < 1.29 is 14.3 Å². The van der Waals surface area contributed by atoms with Gasteiger partial charge in [-0.05, 0) is 43.2 Å². The van der Waals surface area contributed by atoms with Gasteiger partial charge in [-0.1, -0.05) is 54.1 Å². The maximum Gasteiger partial charge on any atom is 0.264 e. The first kappa shape index (κ1) is 23.5. The number of rotatable bonds is 6. The molecule has 35 heavy (non-hydrogen) atoms. The number of aliphatic imine (C=N–C) groups is 1. The minimum Gasteiger partial charge on any atom is -0.497 e. The number of carbonyl (C=O) groups excluding carboxylic acids is 2. The molecule has 7 nitrogen and oxygen atoms in total. The summed E-state index contributed by atoms with van der Waals surface area (Å²) in [4.78, 5) is 30.1. The highest BCUT2D eigenvalue weighted by atomic mass is 16.5. The highest BCUT2D eigenvalue weighted by Crippen LogP contribution is 2.30. The van der Waals surface area contributed by atoms with Crippen molar-refractivity contribution in [3.05, 3.63) is 106 Å². The summed E-state index contributed by atoms with van der Waals surface area (Å²) >= 11 is 0. The number of nitrogens with one attached hydrogen (secondary N) is 2. The van der Waals surface area contributed by atoms with Crippen LogP contribution in [0.15, 0.2) is 83.4 Å². The van der Waals surface area contributed by atoms with Crippen molar-refractivity contribution in [1.82, 2.24) is 10.6 Å². The Labute approximate surface area is 203 Å². The molecule has 0 unspecified atom stereocenters. The zero-order chi connectivity index (χ0) is 24.8. The summed E-state index contributed by atoms with van der Waals surface area (Å²) in [7, 11) is 1.61. The molecule has 0 bridgehead atoms. The third kappa shape index (κ3) is 5.28. The summed E-state index contributed by atoms with van der Waals surface area (Å²) in [5.74, 6) is 0.236. The quantitative estimate of drug-likeness (QED) is 0.428. The Morgan fingerprint density at radius 2 is 1.66 bits per heavy atom. The lowest BCUT2D eigenvalue weighted by Crippen LogP contribution is -2.30. The highest BCUT2D eigenvalue weighted by molar-refractivity contribution is 6.20.